The first-order chi connectivity index (χ1) is 7.72. The number of nitrogens with two attached hydrogens (primary N) is 1. The van der Waals surface area contributed by atoms with E-state index in [9.17, 15) is 9.18 Å². The van der Waals surface area contributed by atoms with Gasteiger partial charge >= 0.3 is 0 Å². The Morgan fingerprint density at radius 1 is 1.50 bits per heavy atom. The van der Waals surface area contributed by atoms with E-state index < -0.39 is 5.82 Å². The first-order valence-electron chi connectivity index (χ1n) is 5.25. The fourth-order valence-electron chi connectivity index (χ4n) is 1.85. The van der Waals surface area contributed by atoms with Crippen molar-refractivity contribution in [2.75, 3.05) is 29.9 Å². The Labute approximate surface area is 93.2 Å². The van der Waals surface area contributed by atoms with Crippen molar-refractivity contribution < 1.29 is 9.18 Å². The smallest absolute Gasteiger partial charge is 0.226 e. The molecule has 1 aromatic rings. The molecular weight excluding hydrogens is 209 g/mol. The minimum absolute atomic E-state index is 0.161. The van der Waals surface area contributed by atoms with E-state index in [1.165, 1.54) is 6.07 Å². The summed E-state index contributed by atoms with van der Waals surface area (Å²) in [7, 11) is 0. The number of amides is 1. The van der Waals surface area contributed by atoms with Crippen molar-refractivity contribution in [1.29, 1.82) is 0 Å². The van der Waals surface area contributed by atoms with Crippen molar-refractivity contribution in [2.45, 2.75) is 6.42 Å². The number of para-hydroxylation sites is 1. The summed E-state index contributed by atoms with van der Waals surface area (Å²) in [6.45, 7) is 1.66. The van der Waals surface area contributed by atoms with Gasteiger partial charge in [0.1, 0.15) is 11.5 Å². The highest BCUT2D eigenvalue weighted by Crippen LogP contribution is 2.30. The normalized spacial score (nSPS) is 15.4. The average Bonchev–Trinajstić information content (AvgIpc) is 2.41. The SMILES string of the molecule is NCCN1CCC(=O)Nc2c(F)cccc21. The summed E-state index contributed by atoms with van der Waals surface area (Å²) in [5, 5.41) is 2.58. The standard InChI is InChI=1S/C11H14FN3O/c12-8-2-1-3-9-11(8)14-10(16)4-6-15(9)7-5-13/h1-3H,4-7,13H2,(H,14,16). The molecule has 1 aliphatic heterocycles. The predicted octanol–water partition coefficient (Wildman–Crippen LogP) is 0.933. The van der Waals surface area contributed by atoms with Gasteiger partial charge < -0.3 is 16.0 Å². The molecule has 0 spiro atoms. The van der Waals surface area contributed by atoms with Crippen molar-refractivity contribution in [2.24, 2.45) is 5.73 Å². The zero-order valence-corrected chi connectivity index (χ0v) is 8.87. The topological polar surface area (TPSA) is 58.4 Å². The summed E-state index contributed by atoms with van der Waals surface area (Å²) in [6.07, 6.45) is 0.355. The number of nitrogens with one attached hydrogen (secondary N) is 1. The molecule has 0 saturated carbocycles. The number of benzene rings is 1. The second-order valence-electron chi connectivity index (χ2n) is 3.71. The molecule has 0 aromatic heterocycles. The number of carbonyl (C=O) groups excluding carboxylic acids is 1. The lowest BCUT2D eigenvalue weighted by Gasteiger charge is -2.23. The fourth-order valence-corrected chi connectivity index (χ4v) is 1.85. The molecule has 4 nitrogen and oxygen atoms in total. The average molecular weight is 223 g/mol. The summed E-state index contributed by atoms with van der Waals surface area (Å²) in [5.41, 5.74) is 6.47. The lowest BCUT2D eigenvalue weighted by atomic mass is 10.2. The van der Waals surface area contributed by atoms with Gasteiger partial charge in [0.05, 0.1) is 5.69 Å². The largest absolute Gasteiger partial charge is 0.368 e. The Morgan fingerprint density at radius 2 is 2.31 bits per heavy atom. The number of fused-ring (bicyclic) bond motifs is 1. The number of halogens is 1. The maximum Gasteiger partial charge on any atom is 0.226 e. The van der Waals surface area contributed by atoms with E-state index in [-0.39, 0.29) is 11.6 Å². The summed E-state index contributed by atoms with van der Waals surface area (Å²) < 4.78 is 13.6. The van der Waals surface area contributed by atoms with E-state index in [0.29, 0.717) is 31.7 Å². The third-order valence-corrected chi connectivity index (χ3v) is 2.60. The monoisotopic (exact) mass is 223 g/mol. The minimum Gasteiger partial charge on any atom is -0.368 e. The highest BCUT2D eigenvalue weighted by Gasteiger charge is 2.20. The molecule has 0 radical (unpaired) electrons. The van der Waals surface area contributed by atoms with Crippen molar-refractivity contribution in [3.05, 3.63) is 24.0 Å². The van der Waals surface area contributed by atoms with Crippen LogP contribution in [0.2, 0.25) is 0 Å². The zero-order chi connectivity index (χ0) is 11.5. The molecule has 0 atom stereocenters. The second-order valence-corrected chi connectivity index (χ2v) is 3.71. The van der Waals surface area contributed by atoms with E-state index in [1.807, 2.05) is 4.90 Å². The Kier molecular flexibility index (Phi) is 3.05. The number of anilines is 2. The molecule has 2 rings (SSSR count). The Morgan fingerprint density at radius 3 is 3.06 bits per heavy atom. The van der Waals surface area contributed by atoms with Gasteiger partial charge in [0.2, 0.25) is 5.91 Å². The molecule has 3 N–H and O–H groups in total. The number of nitrogens with zero attached hydrogens (tertiary/aromatic N) is 1. The molecular formula is C11H14FN3O. The number of rotatable bonds is 2. The first kappa shape index (κ1) is 10.9. The maximum atomic E-state index is 13.6. The minimum atomic E-state index is -0.408. The second kappa shape index (κ2) is 4.49. The summed E-state index contributed by atoms with van der Waals surface area (Å²) >= 11 is 0. The molecule has 0 aliphatic carbocycles. The number of carbonyl (C=O) groups is 1. The molecule has 0 bridgehead atoms. The zero-order valence-electron chi connectivity index (χ0n) is 8.87. The Hall–Kier alpha value is -1.62. The molecule has 5 heteroatoms. The first-order valence-corrected chi connectivity index (χ1v) is 5.25. The summed E-state index contributed by atoms with van der Waals surface area (Å²) in [6, 6.07) is 4.76. The predicted molar refractivity (Wildman–Crippen MR) is 60.9 cm³/mol. The van der Waals surface area contributed by atoms with Gasteiger partial charge in [-0.25, -0.2) is 4.39 Å². The van der Waals surface area contributed by atoms with Crippen LogP contribution in [0.25, 0.3) is 0 Å². The van der Waals surface area contributed by atoms with Gasteiger partial charge in [-0.05, 0) is 12.1 Å². The van der Waals surface area contributed by atoms with Crippen LogP contribution in [0.1, 0.15) is 6.42 Å². The molecule has 1 heterocycles. The van der Waals surface area contributed by atoms with Crippen LogP contribution >= 0.6 is 0 Å². The van der Waals surface area contributed by atoms with Crippen molar-refractivity contribution in [3.8, 4) is 0 Å². The lowest BCUT2D eigenvalue weighted by molar-refractivity contribution is -0.116. The van der Waals surface area contributed by atoms with Crippen molar-refractivity contribution in [3.63, 3.8) is 0 Å². The van der Waals surface area contributed by atoms with Gasteiger partial charge in [0.25, 0.3) is 0 Å². The molecule has 86 valence electrons. The fraction of sp³-hybridized carbons (Fsp3) is 0.364. The molecule has 0 saturated heterocycles. The van der Waals surface area contributed by atoms with Crippen LogP contribution in [-0.2, 0) is 4.79 Å². The Balaban J connectivity index is 2.42. The van der Waals surface area contributed by atoms with E-state index in [4.69, 9.17) is 5.73 Å². The Bertz CT molecular complexity index is 408. The summed E-state index contributed by atoms with van der Waals surface area (Å²) in [5.74, 6) is -0.569. The van der Waals surface area contributed by atoms with Gasteiger partial charge in [-0.2, -0.15) is 0 Å². The molecule has 0 fully saturated rings. The number of hydrogen-bond donors (Lipinski definition) is 2. The van der Waals surface area contributed by atoms with Gasteiger partial charge in [-0.3, -0.25) is 4.79 Å². The van der Waals surface area contributed by atoms with Crippen molar-refractivity contribution in [1.82, 2.24) is 0 Å². The van der Waals surface area contributed by atoms with Crippen LogP contribution in [0.3, 0.4) is 0 Å². The van der Waals surface area contributed by atoms with Gasteiger partial charge in [-0.1, -0.05) is 6.07 Å². The maximum absolute atomic E-state index is 13.6. The highest BCUT2D eigenvalue weighted by molar-refractivity contribution is 5.96. The van der Waals surface area contributed by atoms with Crippen LogP contribution in [0.4, 0.5) is 15.8 Å². The number of hydrogen-bond acceptors (Lipinski definition) is 3. The van der Waals surface area contributed by atoms with E-state index in [1.54, 1.807) is 12.1 Å². The van der Waals surface area contributed by atoms with Crippen molar-refractivity contribution >= 4 is 17.3 Å². The van der Waals surface area contributed by atoms with Crippen LogP contribution in [0.5, 0.6) is 0 Å². The van der Waals surface area contributed by atoms with Crippen LogP contribution in [-0.4, -0.2) is 25.5 Å². The quantitative estimate of drug-likeness (QED) is 0.784. The molecule has 1 aliphatic rings. The molecule has 16 heavy (non-hydrogen) atoms. The van der Waals surface area contributed by atoms with Gasteiger partial charge in [0.15, 0.2) is 0 Å². The summed E-state index contributed by atoms with van der Waals surface area (Å²) in [4.78, 5) is 13.3. The molecule has 0 unspecified atom stereocenters. The molecule has 1 amide bonds. The third-order valence-electron chi connectivity index (χ3n) is 2.60. The van der Waals surface area contributed by atoms with E-state index >= 15 is 0 Å². The molecule has 1 aromatic carbocycles. The van der Waals surface area contributed by atoms with Crippen LogP contribution in [0.15, 0.2) is 18.2 Å². The van der Waals surface area contributed by atoms with Gasteiger partial charge in [-0.15, -0.1) is 0 Å². The lowest BCUT2D eigenvalue weighted by Crippen LogP contribution is -2.30. The highest BCUT2D eigenvalue weighted by atomic mass is 19.1. The van der Waals surface area contributed by atoms with Crippen LogP contribution in [0, 0.1) is 5.82 Å². The van der Waals surface area contributed by atoms with Crippen LogP contribution < -0.4 is 16.0 Å². The van der Waals surface area contributed by atoms with E-state index in [2.05, 4.69) is 5.32 Å². The third kappa shape index (κ3) is 1.99. The van der Waals surface area contributed by atoms with Gasteiger partial charge in [0, 0.05) is 26.1 Å². The van der Waals surface area contributed by atoms with E-state index in [0.717, 1.165) is 0 Å².